The van der Waals surface area contributed by atoms with Crippen molar-refractivity contribution >= 4 is 11.6 Å². The molecule has 0 bridgehead atoms. The Balaban J connectivity index is 2.82. The molecule has 6 nitrogen and oxygen atoms in total. The zero-order valence-corrected chi connectivity index (χ0v) is 11.6. The van der Waals surface area contributed by atoms with E-state index in [1.165, 1.54) is 6.07 Å². The number of nitrogens with zero attached hydrogens (tertiary/aromatic N) is 1. The molecule has 1 rings (SSSR count). The van der Waals surface area contributed by atoms with Gasteiger partial charge in [0.2, 0.25) is 5.91 Å². The van der Waals surface area contributed by atoms with Crippen molar-refractivity contribution in [1.82, 2.24) is 10.6 Å². The second-order valence-electron chi connectivity index (χ2n) is 4.88. The monoisotopic (exact) mass is 265 g/mol. The van der Waals surface area contributed by atoms with Crippen molar-refractivity contribution in [3.8, 4) is 0 Å². The van der Waals surface area contributed by atoms with Gasteiger partial charge in [0.05, 0.1) is 10.5 Å². The molecule has 0 atom stereocenters. The Hall–Kier alpha value is -1.95. The number of nitro benzene ring substituents is 1. The molecule has 1 amide bonds. The second kappa shape index (κ2) is 5.79. The molecule has 1 aromatic carbocycles. The molecule has 0 radical (unpaired) electrons. The number of nitrogens with one attached hydrogen (secondary N) is 2. The predicted octanol–water partition coefficient (Wildman–Crippen LogP) is 1.52. The Kier molecular flexibility index (Phi) is 4.61. The van der Waals surface area contributed by atoms with E-state index in [9.17, 15) is 14.9 Å². The van der Waals surface area contributed by atoms with E-state index in [2.05, 4.69) is 10.6 Å². The highest BCUT2D eigenvalue weighted by Gasteiger charge is 2.25. The Morgan fingerprint density at radius 2 is 2.05 bits per heavy atom. The molecule has 0 saturated heterocycles. The van der Waals surface area contributed by atoms with Gasteiger partial charge in [-0.15, -0.1) is 0 Å². The van der Waals surface area contributed by atoms with E-state index < -0.39 is 10.5 Å². The first-order chi connectivity index (χ1) is 8.79. The van der Waals surface area contributed by atoms with Crippen LogP contribution in [0.3, 0.4) is 0 Å². The van der Waals surface area contributed by atoms with E-state index in [4.69, 9.17) is 0 Å². The summed E-state index contributed by atoms with van der Waals surface area (Å²) < 4.78 is 0. The van der Waals surface area contributed by atoms with E-state index in [0.717, 1.165) is 5.56 Å². The number of hydrogen-bond acceptors (Lipinski definition) is 4. The number of nitro groups is 1. The van der Waals surface area contributed by atoms with Crippen molar-refractivity contribution in [1.29, 1.82) is 0 Å². The van der Waals surface area contributed by atoms with Gasteiger partial charge in [-0.1, -0.05) is 12.1 Å². The number of amides is 1. The number of carbonyl (C=O) groups excluding carboxylic acids is 1. The first-order valence-electron chi connectivity index (χ1n) is 5.99. The highest BCUT2D eigenvalue weighted by Crippen LogP contribution is 2.20. The Labute approximate surface area is 112 Å². The van der Waals surface area contributed by atoms with Crippen LogP contribution in [0.1, 0.15) is 25.0 Å². The van der Waals surface area contributed by atoms with Crippen LogP contribution in [0.2, 0.25) is 0 Å². The lowest BCUT2D eigenvalue weighted by atomic mass is 10.0. The summed E-state index contributed by atoms with van der Waals surface area (Å²) in [5.74, 6) is -0.152. The van der Waals surface area contributed by atoms with Crippen molar-refractivity contribution in [2.75, 3.05) is 7.05 Å². The fourth-order valence-corrected chi connectivity index (χ4v) is 1.57. The number of rotatable bonds is 5. The van der Waals surface area contributed by atoms with Crippen LogP contribution < -0.4 is 10.6 Å². The Bertz CT molecular complexity index is 498. The summed E-state index contributed by atoms with van der Waals surface area (Å²) in [6, 6.07) is 4.85. The van der Waals surface area contributed by atoms with Crippen LogP contribution in [-0.4, -0.2) is 23.4 Å². The lowest BCUT2D eigenvalue weighted by Crippen LogP contribution is -2.50. The minimum absolute atomic E-state index is 0.0691. The van der Waals surface area contributed by atoms with Crippen LogP contribution in [0, 0.1) is 17.0 Å². The van der Waals surface area contributed by atoms with E-state index in [1.54, 1.807) is 40.0 Å². The van der Waals surface area contributed by atoms with Crippen molar-refractivity contribution in [2.45, 2.75) is 32.9 Å². The average molecular weight is 265 g/mol. The maximum absolute atomic E-state index is 11.9. The fraction of sp³-hybridized carbons (Fsp3) is 0.462. The third-order valence-electron chi connectivity index (χ3n) is 3.25. The van der Waals surface area contributed by atoms with Crippen LogP contribution in [0.4, 0.5) is 5.69 Å². The summed E-state index contributed by atoms with van der Waals surface area (Å²) in [6.45, 7) is 5.49. The molecule has 0 spiro atoms. The van der Waals surface area contributed by atoms with Crippen LogP contribution >= 0.6 is 0 Å². The van der Waals surface area contributed by atoms with E-state index in [1.807, 2.05) is 0 Å². The number of hydrogen-bond donors (Lipinski definition) is 2. The molecule has 2 N–H and O–H groups in total. The van der Waals surface area contributed by atoms with Crippen LogP contribution in [0.15, 0.2) is 18.2 Å². The Morgan fingerprint density at radius 3 is 2.58 bits per heavy atom. The molecule has 0 aliphatic carbocycles. The summed E-state index contributed by atoms with van der Waals surface area (Å²) in [5, 5.41) is 16.5. The third kappa shape index (κ3) is 3.51. The maximum Gasteiger partial charge on any atom is 0.272 e. The molecule has 0 aliphatic rings. The van der Waals surface area contributed by atoms with Gasteiger partial charge < -0.3 is 10.6 Å². The minimum Gasteiger partial charge on any atom is -0.350 e. The topological polar surface area (TPSA) is 84.3 Å². The van der Waals surface area contributed by atoms with Crippen molar-refractivity contribution in [2.24, 2.45) is 0 Å². The van der Waals surface area contributed by atoms with E-state index >= 15 is 0 Å². The molecule has 0 heterocycles. The largest absolute Gasteiger partial charge is 0.350 e. The molecule has 0 unspecified atom stereocenters. The highest BCUT2D eigenvalue weighted by molar-refractivity contribution is 5.85. The summed E-state index contributed by atoms with van der Waals surface area (Å²) in [6.07, 6.45) is 0. The average Bonchev–Trinajstić information content (AvgIpc) is 2.36. The lowest BCUT2D eigenvalue weighted by molar-refractivity contribution is -0.385. The molecule has 1 aromatic rings. The summed E-state index contributed by atoms with van der Waals surface area (Å²) in [4.78, 5) is 22.3. The first kappa shape index (κ1) is 15.1. The van der Waals surface area contributed by atoms with Crippen molar-refractivity contribution in [3.05, 3.63) is 39.4 Å². The normalized spacial score (nSPS) is 11.2. The SMILES string of the molecule is CNC(C)(C)C(=O)NCc1cccc([N+](=O)[O-])c1C. The number of likely N-dealkylation sites (N-methyl/N-ethyl adjacent to an activating group) is 1. The number of benzene rings is 1. The smallest absolute Gasteiger partial charge is 0.272 e. The predicted molar refractivity (Wildman–Crippen MR) is 72.8 cm³/mol. The zero-order chi connectivity index (χ0) is 14.6. The standard InChI is InChI=1S/C13H19N3O3/c1-9-10(6-5-7-11(9)16(18)19)8-15-12(17)13(2,3)14-4/h5-7,14H,8H2,1-4H3,(H,15,17). The first-order valence-corrected chi connectivity index (χ1v) is 5.99. The van der Waals surface area contributed by atoms with E-state index in [-0.39, 0.29) is 18.1 Å². The van der Waals surface area contributed by atoms with Gasteiger partial charge in [-0.25, -0.2) is 0 Å². The quantitative estimate of drug-likeness (QED) is 0.624. The van der Waals surface area contributed by atoms with Crippen molar-refractivity contribution < 1.29 is 9.72 Å². The third-order valence-corrected chi connectivity index (χ3v) is 3.25. The van der Waals surface area contributed by atoms with Gasteiger partial charge in [0.15, 0.2) is 0 Å². The summed E-state index contributed by atoms with van der Waals surface area (Å²) >= 11 is 0. The van der Waals surface area contributed by atoms with Crippen LogP contribution in [-0.2, 0) is 11.3 Å². The number of carbonyl (C=O) groups is 1. The maximum atomic E-state index is 11.9. The zero-order valence-electron chi connectivity index (χ0n) is 11.6. The van der Waals surface area contributed by atoms with Crippen LogP contribution in [0.5, 0.6) is 0 Å². The van der Waals surface area contributed by atoms with Gasteiger partial charge in [-0.2, -0.15) is 0 Å². The molecule has 6 heteroatoms. The summed E-state index contributed by atoms with van der Waals surface area (Å²) in [7, 11) is 1.71. The van der Waals surface area contributed by atoms with Gasteiger partial charge in [0.1, 0.15) is 0 Å². The molecule has 104 valence electrons. The highest BCUT2D eigenvalue weighted by atomic mass is 16.6. The molecular formula is C13H19N3O3. The second-order valence-corrected chi connectivity index (χ2v) is 4.88. The lowest BCUT2D eigenvalue weighted by Gasteiger charge is -2.22. The molecular weight excluding hydrogens is 246 g/mol. The van der Waals surface area contributed by atoms with Gasteiger partial charge >= 0.3 is 0 Å². The molecule has 0 aliphatic heterocycles. The van der Waals surface area contributed by atoms with E-state index in [0.29, 0.717) is 5.56 Å². The minimum atomic E-state index is -0.672. The van der Waals surface area contributed by atoms with Gasteiger partial charge in [-0.05, 0) is 33.4 Å². The van der Waals surface area contributed by atoms with Gasteiger partial charge in [0, 0.05) is 18.2 Å². The molecule has 0 fully saturated rings. The molecule has 19 heavy (non-hydrogen) atoms. The Morgan fingerprint density at radius 1 is 1.42 bits per heavy atom. The van der Waals surface area contributed by atoms with Gasteiger partial charge in [0.25, 0.3) is 5.69 Å². The van der Waals surface area contributed by atoms with Crippen molar-refractivity contribution in [3.63, 3.8) is 0 Å². The molecule has 0 aromatic heterocycles. The molecule has 0 saturated carbocycles. The fourth-order valence-electron chi connectivity index (χ4n) is 1.57. The van der Waals surface area contributed by atoms with Gasteiger partial charge in [-0.3, -0.25) is 14.9 Å². The summed E-state index contributed by atoms with van der Waals surface area (Å²) in [5.41, 5.74) is 0.721. The van der Waals surface area contributed by atoms with Crippen LogP contribution in [0.25, 0.3) is 0 Å².